The molecule has 146 valence electrons. The maximum absolute atomic E-state index is 3.83. The zero-order valence-corrected chi connectivity index (χ0v) is 18.3. The number of unbranched alkanes of at least 4 members (excludes halogenated alkanes) is 2. The molecule has 0 saturated carbocycles. The molecule has 0 saturated heterocycles. The summed E-state index contributed by atoms with van der Waals surface area (Å²) in [5, 5.41) is 0. The van der Waals surface area contributed by atoms with Crippen molar-refractivity contribution >= 4 is 0 Å². The van der Waals surface area contributed by atoms with Gasteiger partial charge in [-0.1, -0.05) is 98.6 Å². The fourth-order valence-electron chi connectivity index (χ4n) is 3.13. The van der Waals surface area contributed by atoms with Gasteiger partial charge in [0.25, 0.3) is 0 Å². The molecule has 0 nitrogen and oxygen atoms in total. The number of allylic oxidation sites excluding steroid dienone is 11. The molecule has 0 bridgehead atoms. The van der Waals surface area contributed by atoms with E-state index in [-0.39, 0.29) is 5.41 Å². The molecule has 0 aliphatic heterocycles. The summed E-state index contributed by atoms with van der Waals surface area (Å²) in [6, 6.07) is 0. The van der Waals surface area contributed by atoms with Crippen molar-refractivity contribution in [2.75, 3.05) is 0 Å². The highest BCUT2D eigenvalue weighted by atomic mass is 14.3. The van der Waals surface area contributed by atoms with E-state index in [4.69, 9.17) is 0 Å². The van der Waals surface area contributed by atoms with Gasteiger partial charge in [-0.15, -0.1) is 0 Å². The Balaban J connectivity index is 5.99. The molecule has 0 aromatic carbocycles. The fourth-order valence-corrected chi connectivity index (χ4v) is 3.13. The lowest BCUT2D eigenvalue weighted by Crippen LogP contribution is -2.15. The molecule has 26 heavy (non-hydrogen) atoms. The van der Waals surface area contributed by atoms with Crippen LogP contribution in [0.5, 0.6) is 0 Å². The first kappa shape index (κ1) is 24.4. The van der Waals surface area contributed by atoms with Crippen molar-refractivity contribution in [1.29, 1.82) is 0 Å². The monoisotopic (exact) mass is 354 g/mol. The maximum Gasteiger partial charge on any atom is 0.0138 e. The van der Waals surface area contributed by atoms with Gasteiger partial charge >= 0.3 is 0 Å². The smallest absolute Gasteiger partial charge is 0.0138 e. The van der Waals surface area contributed by atoms with E-state index < -0.39 is 0 Å². The van der Waals surface area contributed by atoms with Gasteiger partial charge in [0.2, 0.25) is 0 Å². The first-order valence-corrected chi connectivity index (χ1v) is 10.3. The molecule has 0 heteroatoms. The minimum Gasteiger partial charge on any atom is -0.0991 e. The molecule has 0 fully saturated rings. The number of hydrogen-bond acceptors (Lipinski definition) is 0. The molecular formula is C26H42. The summed E-state index contributed by atoms with van der Waals surface area (Å²) in [5.41, 5.74) is 4.28. The molecule has 0 N–H and O–H groups in total. The Labute approximate surface area is 164 Å². The molecule has 0 amide bonds. The predicted molar refractivity (Wildman–Crippen MR) is 122 cm³/mol. The lowest BCUT2D eigenvalue weighted by Gasteiger charge is -2.27. The highest BCUT2D eigenvalue weighted by Gasteiger charge is 2.23. The zero-order valence-electron chi connectivity index (χ0n) is 18.3. The van der Waals surface area contributed by atoms with E-state index in [1.807, 2.05) is 6.08 Å². The average Bonchev–Trinajstić information content (AvgIpc) is 2.57. The predicted octanol–water partition coefficient (Wildman–Crippen LogP) is 8.90. The summed E-state index contributed by atoms with van der Waals surface area (Å²) in [7, 11) is 0. The summed E-state index contributed by atoms with van der Waals surface area (Å²) >= 11 is 0. The van der Waals surface area contributed by atoms with E-state index in [0.29, 0.717) is 0 Å². The van der Waals surface area contributed by atoms with Crippen molar-refractivity contribution in [1.82, 2.24) is 0 Å². The second-order valence-corrected chi connectivity index (χ2v) is 7.80. The van der Waals surface area contributed by atoms with Gasteiger partial charge in [-0.05, 0) is 59.8 Å². The van der Waals surface area contributed by atoms with Crippen LogP contribution in [-0.4, -0.2) is 0 Å². The highest BCUT2D eigenvalue weighted by molar-refractivity contribution is 5.29. The largest absolute Gasteiger partial charge is 0.0991 e. The van der Waals surface area contributed by atoms with Gasteiger partial charge in [-0.3, -0.25) is 0 Å². The molecule has 0 aliphatic carbocycles. The fraction of sp³-hybridized carbons (Fsp3) is 0.538. The third-order valence-corrected chi connectivity index (χ3v) is 4.35. The quantitative estimate of drug-likeness (QED) is 0.176. The van der Waals surface area contributed by atoms with Gasteiger partial charge in [-0.25, -0.2) is 0 Å². The lowest BCUT2D eigenvalue weighted by atomic mass is 9.77. The van der Waals surface area contributed by atoms with Crippen LogP contribution in [0.4, 0.5) is 0 Å². The summed E-state index contributed by atoms with van der Waals surface area (Å²) in [5.74, 6) is 0. The van der Waals surface area contributed by atoms with Gasteiger partial charge in [-0.2, -0.15) is 0 Å². The van der Waals surface area contributed by atoms with Crippen molar-refractivity contribution in [2.45, 2.75) is 86.5 Å². The SMILES string of the molecule is C=CC=CCC(C=C(C)C)(C=C(C=CCC)CCCCC)CC=C(C)C. The van der Waals surface area contributed by atoms with Crippen molar-refractivity contribution in [3.05, 3.63) is 71.9 Å². The van der Waals surface area contributed by atoms with Crippen molar-refractivity contribution < 1.29 is 0 Å². The van der Waals surface area contributed by atoms with Crippen LogP contribution < -0.4 is 0 Å². The summed E-state index contributed by atoms with van der Waals surface area (Å²) in [6.07, 6.45) is 26.4. The minimum absolute atomic E-state index is 0.0369. The number of hydrogen-bond donors (Lipinski definition) is 0. The van der Waals surface area contributed by atoms with E-state index in [2.05, 4.69) is 90.7 Å². The van der Waals surface area contributed by atoms with E-state index in [0.717, 1.165) is 19.3 Å². The summed E-state index contributed by atoms with van der Waals surface area (Å²) in [4.78, 5) is 0. The zero-order chi connectivity index (χ0) is 19.8. The Morgan fingerprint density at radius 1 is 0.885 bits per heavy atom. The van der Waals surface area contributed by atoms with Gasteiger partial charge in [0.1, 0.15) is 0 Å². The van der Waals surface area contributed by atoms with Crippen LogP contribution in [0.1, 0.15) is 86.5 Å². The summed E-state index contributed by atoms with van der Waals surface area (Å²) < 4.78 is 0. The standard InChI is InChI=1S/C26H42/c1-8-11-14-17-25(16-13-10-3)22-26(21-24(6)7,19-15-12-9-2)20-18-23(4)5/h9,12-13,15-16,18,21-22H,2,8,10-11,14,17,19-20H2,1,3-7H3. The molecule has 0 radical (unpaired) electrons. The molecular weight excluding hydrogens is 312 g/mol. The molecule has 0 aromatic heterocycles. The topological polar surface area (TPSA) is 0 Å². The van der Waals surface area contributed by atoms with Crippen LogP contribution in [0.15, 0.2) is 71.9 Å². The molecule has 1 atom stereocenters. The average molecular weight is 355 g/mol. The van der Waals surface area contributed by atoms with Crippen LogP contribution in [0.3, 0.4) is 0 Å². The van der Waals surface area contributed by atoms with Crippen molar-refractivity contribution in [3.8, 4) is 0 Å². The van der Waals surface area contributed by atoms with Gasteiger partial charge in [0, 0.05) is 5.41 Å². The van der Waals surface area contributed by atoms with Crippen LogP contribution in [0.2, 0.25) is 0 Å². The third-order valence-electron chi connectivity index (χ3n) is 4.35. The lowest BCUT2D eigenvalue weighted by molar-refractivity contribution is 0.497. The highest BCUT2D eigenvalue weighted by Crippen LogP contribution is 2.36. The van der Waals surface area contributed by atoms with Crippen molar-refractivity contribution in [3.63, 3.8) is 0 Å². The van der Waals surface area contributed by atoms with Crippen LogP contribution in [0, 0.1) is 5.41 Å². The Kier molecular flexibility index (Phi) is 13.7. The van der Waals surface area contributed by atoms with E-state index in [1.165, 1.54) is 42.4 Å². The molecule has 0 heterocycles. The Morgan fingerprint density at radius 3 is 2.15 bits per heavy atom. The van der Waals surface area contributed by atoms with Crippen LogP contribution >= 0.6 is 0 Å². The van der Waals surface area contributed by atoms with Gasteiger partial charge < -0.3 is 0 Å². The second-order valence-electron chi connectivity index (χ2n) is 7.80. The van der Waals surface area contributed by atoms with E-state index in [1.54, 1.807) is 0 Å². The summed E-state index contributed by atoms with van der Waals surface area (Å²) in [6.45, 7) is 17.1. The maximum atomic E-state index is 3.83. The van der Waals surface area contributed by atoms with E-state index in [9.17, 15) is 0 Å². The molecule has 0 rings (SSSR count). The first-order valence-electron chi connectivity index (χ1n) is 10.3. The first-order chi connectivity index (χ1) is 12.4. The van der Waals surface area contributed by atoms with Gasteiger partial charge in [0.15, 0.2) is 0 Å². The third kappa shape index (κ3) is 11.9. The number of rotatable bonds is 13. The van der Waals surface area contributed by atoms with Gasteiger partial charge in [0.05, 0.1) is 0 Å². The normalized spacial score (nSPS) is 14.5. The molecule has 1 unspecified atom stereocenters. The minimum atomic E-state index is 0.0369. The van der Waals surface area contributed by atoms with Crippen molar-refractivity contribution in [2.24, 2.45) is 5.41 Å². The molecule has 0 spiro atoms. The van der Waals surface area contributed by atoms with Crippen LogP contribution in [0.25, 0.3) is 0 Å². The Hall–Kier alpha value is -1.56. The molecule has 0 aromatic rings. The Bertz CT molecular complexity index is 528. The second kappa shape index (κ2) is 14.6. The van der Waals surface area contributed by atoms with Crippen LogP contribution in [-0.2, 0) is 0 Å². The molecule has 0 aliphatic rings. The van der Waals surface area contributed by atoms with E-state index >= 15 is 0 Å². The Morgan fingerprint density at radius 2 is 1.62 bits per heavy atom.